The van der Waals surface area contributed by atoms with Crippen LogP contribution in [0.5, 0.6) is 0 Å². The van der Waals surface area contributed by atoms with Crippen molar-refractivity contribution in [2.24, 2.45) is 32.2 Å². The maximum absolute atomic E-state index is 14.7. The van der Waals surface area contributed by atoms with E-state index in [1.807, 2.05) is 19.2 Å². The summed E-state index contributed by atoms with van der Waals surface area (Å²) < 4.78 is 49.8. The Hall–Kier alpha value is -6.76. The molecule has 0 aliphatic carbocycles. The summed E-state index contributed by atoms with van der Waals surface area (Å²) in [5, 5.41) is 8.22. The average molecular weight is 1140 g/mol. The minimum absolute atomic E-state index is 0.0265. The van der Waals surface area contributed by atoms with Gasteiger partial charge in [-0.05, 0) is 135 Å². The monoisotopic (exact) mass is 1140 g/mol. The summed E-state index contributed by atoms with van der Waals surface area (Å²) in [7, 11) is 0. The number of rotatable bonds is 7. The van der Waals surface area contributed by atoms with Crippen LogP contribution >= 0.6 is 46.2 Å². The van der Waals surface area contributed by atoms with Gasteiger partial charge in [-0.2, -0.15) is 0 Å². The molecule has 4 atom stereocenters. The zero-order chi connectivity index (χ0) is 55.6. The smallest absolute Gasteiger partial charge is 0.283 e. The van der Waals surface area contributed by atoms with E-state index in [0.29, 0.717) is 41.3 Å². The van der Waals surface area contributed by atoms with Gasteiger partial charge in [0.2, 0.25) is 5.69 Å². The van der Waals surface area contributed by atoms with E-state index < -0.39 is 28.7 Å². The zero-order valence-electron chi connectivity index (χ0n) is 43.8. The number of hydrogen-bond donors (Lipinski definition) is 4. The van der Waals surface area contributed by atoms with Gasteiger partial charge < -0.3 is 41.5 Å². The van der Waals surface area contributed by atoms with Crippen LogP contribution in [0.25, 0.3) is 27.1 Å². The largest absolute Gasteiger partial charge is 0.454 e. The number of nitrogens with two attached hydrogens (primary N) is 3. The molecule has 3 spiro atoms. The number of benzene rings is 1. The molecule has 6 aliphatic rings. The first-order chi connectivity index (χ1) is 37.8. The van der Waals surface area contributed by atoms with Crippen LogP contribution in [0.1, 0.15) is 91.2 Å². The summed E-state index contributed by atoms with van der Waals surface area (Å²) in [5.41, 5.74) is 22.4. The number of nitrogens with one attached hydrogen (secondary N) is 1. The van der Waals surface area contributed by atoms with Crippen molar-refractivity contribution in [3.63, 3.8) is 0 Å². The lowest BCUT2D eigenvalue weighted by atomic mass is 9.78. The summed E-state index contributed by atoms with van der Waals surface area (Å²) in [4.78, 5) is 44.3. The number of pyridine rings is 3. The lowest BCUT2D eigenvalue weighted by Crippen LogP contribution is -2.59. The molecule has 3 fully saturated rings. The fraction of sp³-hybridized carbons (Fsp3) is 0.368. The number of thioether (sulfide) groups is 2. The van der Waals surface area contributed by atoms with E-state index in [2.05, 4.69) is 84.8 Å². The number of carbonyl (C=O) groups is 1. The van der Waals surface area contributed by atoms with Crippen molar-refractivity contribution in [2.45, 2.75) is 91.5 Å². The molecular weight excluding hydrogens is 1080 g/mol. The number of amidine groups is 3. The van der Waals surface area contributed by atoms with Crippen LogP contribution in [0.2, 0.25) is 0 Å². The molecular formula is C57H57F2N11O5S4. The summed E-state index contributed by atoms with van der Waals surface area (Å²) in [5.74, 6) is 4.44. The highest BCUT2D eigenvalue weighted by atomic mass is 32.2. The van der Waals surface area contributed by atoms with Crippen LogP contribution < -0.4 is 22.5 Å². The molecule has 16 nitrogen and oxygen atoms in total. The molecule has 6 aromatic rings. The molecule has 12 rings (SSSR count). The second-order valence-electron chi connectivity index (χ2n) is 21.0. The molecule has 408 valence electrons. The van der Waals surface area contributed by atoms with E-state index >= 15 is 0 Å². The number of halogens is 2. The van der Waals surface area contributed by atoms with E-state index in [-0.39, 0.29) is 37.9 Å². The van der Waals surface area contributed by atoms with Gasteiger partial charge in [0.05, 0.1) is 67.2 Å². The molecule has 79 heavy (non-hydrogen) atoms. The number of amides is 1. The number of aliphatic imine (C=N–C) groups is 3. The van der Waals surface area contributed by atoms with Crippen molar-refractivity contribution in [1.82, 2.24) is 15.0 Å². The molecule has 0 radical (unpaired) electrons. The summed E-state index contributed by atoms with van der Waals surface area (Å²) in [6.45, 7) is 18.9. The lowest BCUT2D eigenvalue weighted by molar-refractivity contribution is -0.187. The molecule has 1 aromatic carbocycles. The van der Waals surface area contributed by atoms with Gasteiger partial charge >= 0.3 is 0 Å². The molecule has 0 saturated carbocycles. The van der Waals surface area contributed by atoms with Gasteiger partial charge in [-0.1, -0.05) is 29.4 Å². The van der Waals surface area contributed by atoms with Gasteiger partial charge in [-0.25, -0.2) is 23.6 Å². The summed E-state index contributed by atoms with van der Waals surface area (Å²) >= 11 is 6.77. The van der Waals surface area contributed by atoms with E-state index in [1.54, 1.807) is 71.7 Å². The topological polar surface area (TPSA) is 224 Å². The Labute approximate surface area is 473 Å². The first-order valence-corrected chi connectivity index (χ1v) is 28.7. The predicted octanol–water partition coefficient (Wildman–Crippen LogP) is 10.5. The Kier molecular flexibility index (Phi) is 15.8. The van der Waals surface area contributed by atoms with Crippen LogP contribution in [0, 0.1) is 30.0 Å². The van der Waals surface area contributed by atoms with Crippen molar-refractivity contribution >= 4 is 79.8 Å². The van der Waals surface area contributed by atoms with Crippen molar-refractivity contribution in [1.29, 1.82) is 0 Å². The van der Waals surface area contributed by atoms with Crippen LogP contribution in [0.15, 0.2) is 111 Å². The van der Waals surface area contributed by atoms with Crippen LogP contribution in [-0.4, -0.2) is 92.0 Å². The Bertz CT molecular complexity index is 3490. The molecule has 7 N–H and O–H groups in total. The van der Waals surface area contributed by atoms with Crippen molar-refractivity contribution < 1.29 is 32.5 Å². The third-order valence-corrected chi connectivity index (χ3v) is 19.0. The lowest BCUT2D eigenvalue weighted by Gasteiger charge is -2.48. The highest BCUT2D eigenvalue weighted by molar-refractivity contribution is 8.15. The summed E-state index contributed by atoms with van der Waals surface area (Å²) in [6, 6.07) is 14.9. The fourth-order valence-electron chi connectivity index (χ4n) is 10.8. The Balaban J connectivity index is 0.000000134. The number of anilines is 1. The molecule has 11 heterocycles. The Morgan fingerprint density at radius 2 is 1.37 bits per heavy atom. The second kappa shape index (κ2) is 22.4. The molecule has 4 unspecified atom stereocenters. The molecule has 3 saturated heterocycles. The average Bonchev–Trinajstić information content (AvgIpc) is 4.33. The van der Waals surface area contributed by atoms with Gasteiger partial charge in [-0.3, -0.25) is 24.7 Å². The van der Waals surface area contributed by atoms with E-state index in [4.69, 9.17) is 52.7 Å². The standard InChI is InChI=1S/C21H23N3OS2.C19H18F2N4O3.C17H16N4OS2/c1-3-5-15-8-16(11-23-10-15)17-9-18(26-12-17)20(2)13-21(27-19(22)24-20)6-4-7-25-14-21;1-18(8-19(9-27-10-19)28-17(22)25-18)13-6-12(3-4-14(13)21)24-16(26)15-5-2-11(20)7-23-15;1-16(8-17(9-22-10-17)24-15(18)21-16)14-4-12(7-23-14)11-3-13(19-2)6-20-5-11/h8-12H,4,6-7,13-14H2,1-2H3,(H2,22,24);2-7H,8-10H2,1H3,(H2,22,25)(H,24,26);3-7H,8-10H2,1H3,(H2,18,21). The van der Waals surface area contributed by atoms with E-state index in [9.17, 15) is 13.6 Å². The first-order valence-electron chi connectivity index (χ1n) is 25.3. The van der Waals surface area contributed by atoms with Gasteiger partial charge in [0.15, 0.2) is 15.9 Å². The van der Waals surface area contributed by atoms with Gasteiger partial charge in [0, 0.05) is 74.7 Å². The second-order valence-corrected chi connectivity index (χ2v) is 25.8. The normalized spacial score (nSPS) is 25.1. The Morgan fingerprint density at radius 1 is 0.722 bits per heavy atom. The quantitative estimate of drug-likeness (QED) is 0.0863. The van der Waals surface area contributed by atoms with E-state index in [1.165, 1.54) is 34.0 Å². The van der Waals surface area contributed by atoms with Gasteiger partial charge in [0.25, 0.3) is 11.9 Å². The number of ether oxygens (including phenoxy) is 4. The van der Waals surface area contributed by atoms with Gasteiger partial charge in [-0.15, -0.1) is 28.6 Å². The summed E-state index contributed by atoms with van der Waals surface area (Å²) in [6.07, 6.45) is 12.5. The third kappa shape index (κ3) is 12.2. The van der Waals surface area contributed by atoms with E-state index in [0.717, 1.165) is 92.2 Å². The minimum atomic E-state index is -0.981. The van der Waals surface area contributed by atoms with Crippen molar-refractivity contribution in [3.05, 3.63) is 146 Å². The molecule has 6 aliphatic heterocycles. The Morgan fingerprint density at radius 3 is 1.96 bits per heavy atom. The predicted molar refractivity (Wildman–Crippen MR) is 309 cm³/mol. The van der Waals surface area contributed by atoms with Gasteiger partial charge in [0.1, 0.15) is 17.3 Å². The fourth-order valence-corrected chi connectivity index (χ4v) is 15.6. The maximum atomic E-state index is 14.7. The van der Waals surface area contributed by atoms with Crippen molar-refractivity contribution in [3.8, 4) is 34.1 Å². The van der Waals surface area contributed by atoms with Crippen LogP contribution in [0.3, 0.4) is 0 Å². The van der Waals surface area contributed by atoms with Crippen LogP contribution in [0.4, 0.5) is 20.2 Å². The third-order valence-electron chi connectivity index (χ3n) is 14.3. The van der Waals surface area contributed by atoms with Crippen LogP contribution in [-0.2, 0) is 35.6 Å². The highest BCUT2D eigenvalue weighted by Crippen LogP contribution is 2.52. The van der Waals surface area contributed by atoms with Crippen molar-refractivity contribution in [2.75, 3.05) is 45.0 Å². The number of thiophene rings is 2. The first kappa shape index (κ1) is 55.6. The minimum Gasteiger partial charge on any atom is -0.454 e. The maximum Gasteiger partial charge on any atom is 0.283 e. The molecule has 1 amide bonds. The molecule has 5 aromatic heterocycles. The highest BCUT2D eigenvalue weighted by Gasteiger charge is 2.53. The molecule has 0 bridgehead atoms. The SMILES string of the molecule is CC#Cc1cncc(-c2csc(C3(C)CC4(CCCOC4)SC(N)=N3)c2)c1.CC1(c2cc(NC(=O)c3ccc(F)cn3)ccc2F)CC2(COC2)OC(N)=N1.[C-]#[N+]c1cncc(-c2csc(C3(C)CC4(COC4)SC(N)=N3)c2)c1. The number of nitrogens with zero attached hydrogens (tertiary/aromatic N) is 7. The number of hydrogen-bond acceptors (Lipinski definition) is 18. The zero-order valence-corrected chi connectivity index (χ0v) is 47.1. The number of carbonyl (C=O) groups excluding carboxylic acids is 1. The molecule has 22 heteroatoms. The number of aromatic nitrogens is 3.